The molecule has 0 heterocycles. The minimum atomic E-state index is -3.21. The van der Waals surface area contributed by atoms with Gasteiger partial charge in [0.15, 0.2) is 15.6 Å². The number of carbonyl (C=O) groups is 1. The van der Waals surface area contributed by atoms with Gasteiger partial charge in [-0.15, -0.1) is 0 Å². The van der Waals surface area contributed by atoms with E-state index in [9.17, 15) is 13.2 Å². The SMILES string of the molecule is CC(=O)c1ccc(S(C)(=O)=O)cc1Br. The predicted octanol–water partition coefficient (Wildman–Crippen LogP) is 2.06. The molecule has 14 heavy (non-hydrogen) atoms. The molecule has 0 aromatic heterocycles. The molecule has 0 aliphatic carbocycles. The van der Waals surface area contributed by atoms with Crippen molar-refractivity contribution in [1.29, 1.82) is 0 Å². The van der Waals surface area contributed by atoms with Crippen LogP contribution in [0.1, 0.15) is 17.3 Å². The predicted molar refractivity (Wildman–Crippen MR) is 57.3 cm³/mol. The van der Waals surface area contributed by atoms with E-state index in [0.717, 1.165) is 6.26 Å². The maximum absolute atomic E-state index is 11.2. The zero-order chi connectivity index (χ0) is 10.9. The second-order valence-corrected chi connectivity index (χ2v) is 5.84. The van der Waals surface area contributed by atoms with Crippen LogP contribution in [0.15, 0.2) is 27.6 Å². The van der Waals surface area contributed by atoms with Crippen molar-refractivity contribution in [3.63, 3.8) is 0 Å². The van der Waals surface area contributed by atoms with Gasteiger partial charge in [0.2, 0.25) is 0 Å². The van der Waals surface area contributed by atoms with Crippen molar-refractivity contribution in [2.24, 2.45) is 0 Å². The summed E-state index contributed by atoms with van der Waals surface area (Å²) in [6, 6.07) is 4.37. The number of ketones is 1. The Hall–Kier alpha value is -0.680. The molecule has 0 N–H and O–H groups in total. The molecule has 1 aromatic rings. The van der Waals surface area contributed by atoms with Gasteiger partial charge in [-0.25, -0.2) is 8.42 Å². The van der Waals surface area contributed by atoms with Crippen LogP contribution in [0.3, 0.4) is 0 Å². The summed E-state index contributed by atoms with van der Waals surface area (Å²) in [6.45, 7) is 1.43. The maximum Gasteiger partial charge on any atom is 0.175 e. The molecular weight excluding hydrogens is 268 g/mol. The second-order valence-electron chi connectivity index (χ2n) is 2.97. The Kier molecular flexibility index (Phi) is 3.11. The van der Waals surface area contributed by atoms with Crippen LogP contribution < -0.4 is 0 Å². The Balaban J connectivity index is 3.34. The number of rotatable bonds is 2. The third kappa shape index (κ3) is 2.42. The monoisotopic (exact) mass is 276 g/mol. The van der Waals surface area contributed by atoms with E-state index in [2.05, 4.69) is 15.9 Å². The standard InChI is InChI=1S/C9H9BrO3S/c1-6(11)8-4-3-7(5-9(8)10)14(2,12)13/h3-5H,1-2H3. The first-order valence-electron chi connectivity index (χ1n) is 3.83. The Morgan fingerprint density at radius 3 is 2.29 bits per heavy atom. The molecule has 0 fully saturated rings. The second kappa shape index (κ2) is 3.82. The summed E-state index contributed by atoms with van der Waals surface area (Å²) >= 11 is 3.15. The van der Waals surface area contributed by atoms with E-state index in [4.69, 9.17) is 0 Å². The van der Waals surface area contributed by atoms with Gasteiger partial charge < -0.3 is 0 Å². The molecule has 1 aromatic carbocycles. The lowest BCUT2D eigenvalue weighted by atomic mass is 10.2. The molecular formula is C9H9BrO3S. The van der Waals surface area contributed by atoms with Gasteiger partial charge in [0.05, 0.1) is 4.90 Å². The Bertz CT molecular complexity index is 477. The molecule has 0 amide bonds. The number of carbonyl (C=O) groups excluding carboxylic acids is 1. The summed E-state index contributed by atoms with van der Waals surface area (Å²) in [5.41, 5.74) is 0.484. The summed E-state index contributed by atoms with van der Waals surface area (Å²) in [4.78, 5) is 11.3. The molecule has 5 heteroatoms. The average molecular weight is 277 g/mol. The Morgan fingerprint density at radius 2 is 1.93 bits per heavy atom. The van der Waals surface area contributed by atoms with Crippen LogP contribution in [-0.2, 0) is 9.84 Å². The first-order valence-corrected chi connectivity index (χ1v) is 6.51. The molecule has 0 saturated carbocycles. The van der Waals surface area contributed by atoms with Crippen molar-refractivity contribution in [3.05, 3.63) is 28.2 Å². The highest BCUT2D eigenvalue weighted by Gasteiger charge is 2.11. The quantitative estimate of drug-likeness (QED) is 0.777. The van der Waals surface area contributed by atoms with E-state index in [0.29, 0.717) is 10.0 Å². The van der Waals surface area contributed by atoms with Gasteiger partial charge in [0.25, 0.3) is 0 Å². The smallest absolute Gasteiger partial charge is 0.175 e. The van der Waals surface area contributed by atoms with Crippen molar-refractivity contribution < 1.29 is 13.2 Å². The Morgan fingerprint density at radius 1 is 1.36 bits per heavy atom. The number of Topliss-reactive ketones (excluding diaryl/α,β-unsaturated/α-hetero) is 1. The van der Waals surface area contributed by atoms with Crippen LogP contribution in [0, 0.1) is 0 Å². The number of hydrogen-bond acceptors (Lipinski definition) is 3. The average Bonchev–Trinajstić information content (AvgIpc) is 2.01. The first-order chi connectivity index (χ1) is 6.32. The van der Waals surface area contributed by atoms with Gasteiger partial charge in [-0.05, 0) is 25.1 Å². The van der Waals surface area contributed by atoms with Gasteiger partial charge in [-0.3, -0.25) is 4.79 Å². The van der Waals surface area contributed by atoms with Crippen LogP contribution in [-0.4, -0.2) is 20.5 Å². The lowest BCUT2D eigenvalue weighted by molar-refractivity contribution is 0.101. The topological polar surface area (TPSA) is 51.2 Å². The van der Waals surface area contributed by atoms with Crippen LogP contribution in [0.25, 0.3) is 0 Å². The lowest BCUT2D eigenvalue weighted by Crippen LogP contribution is -2.00. The van der Waals surface area contributed by atoms with E-state index >= 15 is 0 Å². The molecule has 76 valence electrons. The van der Waals surface area contributed by atoms with E-state index in [1.54, 1.807) is 0 Å². The molecule has 0 radical (unpaired) electrons. The first kappa shape index (κ1) is 11.4. The molecule has 0 aliphatic heterocycles. The number of halogens is 1. The van der Waals surface area contributed by atoms with Crippen molar-refractivity contribution in [3.8, 4) is 0 Å². The molecule has 0 bridgehead atoms. The van der Waals surface area contributed by atoms with Crippen molar-refractivity contribution in [2.45, 2.75) is 11.8 Å². The van der Waals surface area contributed by atoms with Crippen molar-refractivity contribution >= 4 is 31.6 Å². The zero-order valence-electron chi connectivity index (χ0n) is 7.74. The third-order valence-corrected chi connectivity index (χ3v) is 3.51. The highest BCUT2D eigenvalue weighted by Crippen LogP contribution is 2.21. The molecule has 0 unspecified atom stereocenters. The summed E-state index contributed by atoms with van der Waals surface area (Å²) < 4.78 is 22.8. The fourth-order valence-corrected chi connectivity index (χ4v) is 2.47. The highest BCUT2D eigenvalue weighted by molar-refractivity contribution is 9.10. The minimum absolute atomic E-state index is 0.100. The minimum Gasteiger partial charge on any atom is -0.294 e. The molecule has 0 atom stereocenters. The van der Waals surface area contributed by atoms with Gasteiger partial charge >= 0.3 is 0 Å². The van der Waals surface area contributed by atoms with Crippen molar-refractivity contribution in [2.75, 3.05) is 6.26 Å². The van der Waals surface area contributed by atoms with E-state index in [1.165, 1.54) is 25.1 Å². The van der Waals surface area contributed by atoms with Gasteiger partial charge in [-0.2, -0.15) is 0 Å². The summed E-state index contributed by atoms with van der Waals surface area (Å²) in [5.74, 6) is -0.100. The molecule has 0 spiro atoms. The van der Waals surface area contributed by atoms with Gasteiger partial charge in [0.1, 0.15) is 0 Å². The maximum atomic E-state index is 11.2. The fraction of sp³-hybridized carbons (Fsp3) is 0.222. The van der Waals surface area contributed by atoms with Gasteiger partial charge in [-0.1, -0.05) is 15.9 Å². The van der Waals surface area contributed by atoms with E-state index in [1.807, 2.05) is 0 Å². The van der Waals surface area contributed by atoms with Crippen LogP contribution in [0.2, 0.25) is 0 Å². The van der Waals surface area contributed by atoms with Crippen LogP contribution >= 0.6 is 15.9 Å². The molecule has 0 aliphatic rings. The number of sulfone groups is 1. The van der Waals surface area contributed by atoms with E-state index < -0.39 is 9.84 Å². The molecule has 1 rings (SSSR count). The van der Waals surface area contributed by atoms with Gasteiger partial charge in [0, 0.05) is 16.3 Å². The van der Waals surface area contributed by atoms with E-state index in [-0.39, 0.29) is 10.7 Å². The number of hydrogen-bond donors (Lipinski definition) is 0. The third-order valence-electron chi connectivity index (χ3n) is 1.75. The Labute approximate surface area is 91.2 Å². The van der Waals surface area contributed by atoms with Crippen LogP contribution in [0.4, 0.5) is 0 Å². The highest BCUT2D eigenvalue weighted by atomic mass is 79.9. The fourth-order valence-electron chi connectivity index (χ4n) is 1.01. The number of benzene rings is 1. The van der Waals surface area contributed by atoms with Crippen molar-refractivity contribution in [1.82, 2.24) is 0 Å². The zero-order valence-corrected chi connectivity index (χ0v) is 10.1. The summed E-state index contributed by atoms with van der Waals surface area (Å²) in [6.07, 6.45) is 1.13. The van der Waals surface area contributed by atoms with Crippen LogP contribution in [0.5, 0.6) is 0 Å². The molecule has 0 saturated heterocycles. The summed E-state index contributed by atoms with van der Waals surface area (Å²) in [5, 5.41) is 0. The largest absolute Gasteiger partial charge is 0.294 e. The lowest BCUT2D eigenvalue weighted by Gasteiger charge is -2.02. The summed E-state index contributed by atoms with van der Waals surface area (Å²) in [7, 11) is -3.21. The molecule has 3 nitrogen and oxygen atoms in total. The normalized spacial score (nSPS) is 11.4.